The molecule has 0 aromatic carbocycles. The monoisotopic (exact) mass is 472 g/mol. The molecule has 2 bridgehead atoms. The quantitative estimate of drug-likeness (QED) is 0.289. The second-order valence-electron chi connectivity index (χ2n) is 9.87. The molecule has 4 saturated heterocycles. The van der Waals surface area contributed by atoms with E-state index >= 15 is 0 Å². The predicted molar refractivity (Wildman–Crippen MR) is 111 cm³/mol. The topological polar surface area (TPSA) is 119 Å². The summed E-state index contributed by atoms with van der Waals surface area (Å²) in [5.74, 6) is -1.26. The van der Waals surface area contributed by atoms with E-state index in [-0.39, 0.29) is 37.9 Å². The Morgan fingerprint density at radius 2 is 1.79 bits per heavy atom. The van der Waals surface area contributed by atoms with Gasteiger partial charge >= 0.3 is 11.9 Å². The number of carbonyl (C=O) groups excluding carboxylic acids is 1. The van der Waals surface area contributed by atoms with Crippen LogP contribution in [0.5, 0.6) is 0 Å². The van der Waals surface area contributed by atoms with Crippen molar-refractivity contribution in [1.29, 1.82) is 0 Å². The van der Waals surface area contributed by atoms with Crippen molar-refractivity contribution in [2.24, 2.45) is 23.7 Å². The maximum atomic E-state index is 11.4. The van der Waals surface area contributed by atoms with Crippen LogP contribution in [-0.4, -0.2) is 67.4 Å². The molecule has 5 aliphatic rings. The maximum Gasteiger partial charge on any atom is 0.306 e. The van der Waals surface area contributed by atoms with Gasteiger partial charge in [-0.05, 0) is 38.0 Å². The van der Waals surface area contributed by atoms with Gasteiger partial charge in [0, 0.05) is 18.3 Å². The molecule has 1 spiro atoms. The van der Waals surface area contributed by atoms with Crippen LogP contribution in [0, 0.1) is 23.7 Å². The van der Waals surface area contributed by atoms with E-state index in [1.54, 1.807) is 0 Å². The summed E-state index contributed by atoms with van der Waals surface area (Å²) in [4.78, 5) is 33.8. The van der Waals surface area contributed by atoms with Crippen molar-refractivity contribution in [1.82, 2.24) is 0 Å². The lowest BCUT2D eigenvalue weighted by atomic mass is 9.58. The van der Waals surface area contributed by atoms with Crippen LogP contribution in [-0.2, 0) is 43.0 Å². The fourth-order valence-electron chi connectivity index (χ4n) is 5.88. The highest BCUT2D eigenvalue weighted by atomic mass is 17.3. The number of hydrogen-bond donors (Lipinski definition) is 1. The van der Waals surface area contributed by atoms with E-state index in [1.807, 2.05) is 6.92 Å². The lowest BCUT2D eigenvalue weighted by molar-refractivity contribution is -0.577. The number of carbonyl (C=O) groups is 2. The molecule has 0 amide bonds. The first-order chi connectivity index (χ1) is 15.7. The zero-order valence-electron chi connectivity index (χ0n) is 19.7. The molecular weight excluding hydrogens is 436 g/mol. The molecule has 0 radical (unpaired) electrons. The van der Waals surface area contributed by atoms with Gasteiger partial charge in [-0.1, -0.05) is 13.8 Å². The first kappa shape index (κ1) is 24.8. The minimum Gasteiger partial charge on any atom is -0.481 e. The van der Waals surface area contributed by atoms with Gasteiger partial charge in [-0.3, -0.25) is 9.59 Å². The fourth-order valence-corrected chi connectivity index (χ4v) is 5.88. The molecule has 188 valence electrons. The first-order valence-electron chi connectivity index (χ1n) is 12.0. The third-order valence-corrected chi connectivity index (χ3v) is 7.64. The molecule has 0 aromatic rings. The molecule has 1 aliphatic carbocycles. The van der Waals surface area contributed by atoms with Crippen molar-refractivity contribution in [3.05, 3.63) is 0 Å². The molecule has 0 unspecified atom stereocenters. The smallest absolute Gasteiger partial charge is 0.306 e. The Morgan fingerprint density at radius 3 is 2.58 bits per heavy atom. The van der Waals surface area contributed by atoms with Crippen molar-refractivity contribution < 1.29 is 48.2 Å². The van der Waals surface area contributed by atoms with Gasteiger partial charge in [0.2, 0.25) is 5.79 Å². The van der Waals surface area contributed by atoms with E-state index in [0.29, 0.717) is 25.0 Å². The third kappa shape index (κ3) is 5.06. The Kier molecular flexibility index (Phi) is 7.62. The summed E-state index contributed by atoms with van der Waals surface area (Å²) in [6, 6.07) is 0. The summed E-state index contributed by atoms with van der Waals surface area (Å²) in [5, 5.41) is 8.56. The SMILES string of the molecule is C[C@H]1[C@@H](OCCOCCOC(=O)CCC(=O)O)O[C@@H]2O[C@]3(C)CC[C@H]4[C@H](C)CC[C@@H]1[C@@]24OO3. The van der Waals surface area contributed by atoms with Crippen molar-refractivity contribution in [3.8, 4) is 0 Å². The van der Waals surface area contributed by atoms with Gasteiger partial charge in [0.1, 0.15) is 6.61 Å². The van der Waals surface area contributed by atoms with Gasteiger partial charge < -0.3 is 28.8 Å². The van der Waals surface area contributed by atoms with Gasteiger partial charge in [-0.2, -0.15) is 0 Å². The molecular formula is C23H36O10. The van der Waals surface area contributed by atoms with Gasteiger partial charge in [-0.25, -0.2) is 9.78 Å². The molecule has 1 N–H and O–H groups in total. The summed E-state index contributed by atoms with van der Waals surface area (Å²) >= 11 is 0. The number of carboxylic acids is 1. The summed E-state index contributed by atoms with van der Waals surface area (Å²) in [7, 11) is 0. The van der Waals surface area contributed by atoms with Gasteiger partial charge in [-0.15, -0.1) is 0 Å². The number of aliphatic carboxylic acids is 1. The molecule has 4 aliphatic heterocycles. The van der Waals surface area contributed by atoms with Crippen LogP contribution >= 0.6 is 0 Å². The minimum absolute atomic E-state index is 0.0742. The Morgan fingerprint density at radius 1 is 1.00 bits per heavy atom. The van der Waals surface area contributed by atoms with E-state index in [0.717, 1.165) is 25.7 Å². The third-order valence-electron chi connectivity index (χ3n) is 7.64. The fraction of sp³-hybridized carbons (Fsp3) is 0.913. The van der Waals surface area contributed by atoms with Gasteiger partial charge in [0.25, 0.3) is 0 Å². The zero-order chi connectivity index (χ0) is 23.6. The van der Waals surface area contributed by atoms with E-state index in [9.17, 15) is 9.59 Å². The molecule has 5 rings (SSSR count). The number of esters is 1. The van der Waals surface area contributed by atoms with Crippen LogP contribution in [0.3, 0.4) is 0 Å². The van der Waals surface area contributed by atoms with Crippen LogP contribution in [0.4, 0.5) is 0 Å². The van der Waals surface area contributed by atoms with Gasteiger partial charge in [0.15, 0.2) is 18.2 Å². The Hall–Kier alpha value is -1.30. The molecule has 33 heavy (non-hydrogen) atoms. The highest BCUT2D eigenvalue weighted by molar-refractivity contribution is 5.76. The molecule has 5 fully saturated rings. The number of carboxylic acid groups (broad SMARTS) is 1. The van der Waals surface area contributed by atoms with E-state index < -0.39 is 35.9 Å². The largest absolute Gasteiger partial charge is 0.481 e. The number of fused-ring (bicyclic) bond motifs is 2. The van der Waals surface area contributed by atoms with Crippen molar-refractivity contribution in [3.63, 3.8) is 0 Å². The molecule has 0 aromatic heterocycles. The lowest BCUT2D eigenvalue weighted by Crippen LogP contribution is -2.70. The Labute approximate surface area is 194 Å². The van der Waals surface area contributed by atoms with Crippen molar-refractivity contribution in [2.45, 2.75) is 83.3 Å². The van der Waals surface area contributed by atoms with Crippen LogP contribution in [0.15, 0.2) is 0 Å². The predicted octanol–water partition coefficient (Wildman–Crippen LogP) is 2.64. The molecule has 4 heterocycles. The lowest BCUT2D eigenvalue weighted by Gasteiger charge is -2.60. The molecule has 1 saturated carbocycles. The maximum absolute atomic E-state index is 11.4. The Balaban J connectivity index is 1.25. The second-order valence-corrected chi connectivity index (χ2v) is 9.87. The summed E-state index contributed by atoms with van der Waals surface area (Å²) < 4.78 is 29.1. The summed E-state index contributed by atoms with van der Waals surface area (Å²) in [6.07, 6.45) is 2.53. The highest BCUT2D eigenvalue weighted by Crippen LogP contribution is 2.60. The zero-order valence-corrected chi connectivity index (χ0v) is 19.7. The van der Waals surface area contributed by atoms with Crippen LogP contribution in [0.1, 0.15) is 59.3 Å². The average Bonchev–Trinajstić information content (AvgIpc) is 3.00. The first-order valence-corrected chi connectivity index (χ1v) is 12.0. The van der Waals surface area contributed by atoms with E-state index in [2.05, 4.69) is 13.8 Å². The molecule has 10 nitrogen and oxygen atoms in total. The van der Waals surface area contributed by atoms with Crippen molar-refractivity contribution in [2.75, 3.05) is 26.4 Å². The molecule has 10 heteroatoms. The van der Waals surface area contributed by atoms with Crippen molar-refractivity contribution >= 4 is 11.9 Å². The van der Waals surface area contributed by atoms with Crippen LogP contribution in [0.2, 0.25) is 0 Å². The molecule has 8 atom stereocenters. The number of rotatable bonds is 10. The highest BCUT2D eigenvalue weighted by Gasteiger charge is 2.69. The van der Waals surface area contributed by atoms with Crippen LogP contribution < -0.4 is 0 Å². The van der Waals surface area contributed by atoms with Gasteiger partial charge in [0.05, 0.1) is 32.7 Å². The number of hydrogen-bond acceptors (Lipinski definition) is 9. The summed E-state index contributed by atoms with van der Waals surface area (Å²) in [6.45, 7) is 7.24. The number of ether oxygens (including phenoxy) is 5. The normalized spacial score (nSPS) is 41.8. The minimum atomic E-state index is -1.03. The van der Waals surface area contributed by atoms with E-state index in [1.165, 1.54) is 0 Å². The average molecular weight is 473 g/mol. The van der Waals surface area contributed by atoms with E-state index in [4.69, 9.17) is 38.6 Å². The Bertz CT molecular complexity index is 715. The van der Waals surface area contributed by atoms with Crippen LogP contribution in [0.25, 0.3) is 0 Å². The summed E-state index contributed by atoms with van der Waals surface area (Å²) in [5.41, 5.74) is -0.603. The second kappa shape index (κ2) is 10.1. The standard InChI is InChI=1S/C23H36O10/c1-14-4-5-17-15(2)20(29-13-11-27-10-12-28-19(26)7-6-18(24)25)30-21-23(17)16(14)8-9-22(3,31-21)32-33-23/h14-17,20-21H,4-13H2,1-3H3,(H,24,25)/t14-,15-,16+,17+,20+,21-,22+,23-/m1/s1.